The van der Waals surface area contributed by atoms with E-state index in [-0.39, 0.29) is 23.3 Å². The standard InChI is InChI=1S/C20H25N3O3/c1-26-13-10-20(22-18(24)16-6-7-16)8-11-23(12-9-20)19(25)17-4-2-15(14-21)3-5-17/h2-5,16H,6-13H2,1H3,(H,22,24). The molecule has 0 unspecified atom stereocenters. The molecule has 1 aromatic rings. The molecule has 1 heterocycles. The summed E-state index contributed by atoms with van der Waals surface area (Å²) in [4.78, 5) is 26.8. The fourth-order valence-electron chi connectivity index (χ4n) is 3.45. The van der Waals surface area contributed by atoms with Gasteiger partial charge in [-0.2, -0.15) is 5.26 Å². The number of piperidine rings is 1. The van der Waals surface area contributed by atoms with E-state index in [1.54, 1.807) is 31.4 Å². The van der Waals surface area contributed by atoms with E-state index >= 15 is 0 Å². The number of carbonyl (C=O) groups is 2. The van der Waals surface area contributed by atoms with E-state index in [9.17, 15) is 9.59 Å². The van der Waals surface area contributed by atoms with Gasteiger partial charge in [0.25, 0.3) is 5.91 Å². The second-order valence-corrected chi connectivity index (χ2v) is 7.27. The monoisotopic (exact) mass is 355 g/mol. The van der Waals surface area contributed by atoms with Gasteiger partial charge in [0, 0.05) is 43.8 Å². The van der Waals surface area contributed by atoms with Crippen LogP contribution in [0.4, 0.5) is 0 Å². The molecule has 3 rings (SSSR count). The number of nitrogens with one attached hydrogen (secondary N) is 1. The van der Waals surface area contributed by atoms with Crippen molar-refractivity contribution in [2.75, 3.05) is 26.8 Å². The van der Waals surface area contributed by atoms with Gasteiger partial charge < -0.3 is 15.0 Å². The molecular formula is C20H25N3O3. The third-order valence-electron chi connectivity index (χ3n) is 5.39. The average Bonchev–Trinajstić information content (AvgIpc) is 3.52. The molecule has 138 valence electrons. The zero-order valence-electron chi connectivity index (χ0n) is 15.2. The van der Waals surface area contributed by atoms with Crippen molar-refractivity contribution >= 4 is 11.8 Å². The molecule has 2 fully saturated rings. The number of nitrogens with zero attached hydrogens (tertiary/aromatic N) is 2. The van der Waals surface area contributed by atoms with Gasteiger partial charge in [0.2, 0.25) is 5.91 Å². The molecule has 26 heavy (non-hydrogen) atoms. The molecule has 0 bridgehead atoms. The number of rotatable bonds is 6. The van der Waals surface area contributed by atoms with E-state index in [2.05, 4.69) is 11.4 Å². The number of methoxy groups -OCH3 is 1. The van der Waals surface area contributed by atoms with Crippen LogP contribution < -0.4 is 5.32 Å². The number of likely N-dealkylation sites (tertiary alicyclic amines) is 1. The Labute approximate surface area is 154 Å². The van der Waals surface area contributed by atoms with Gasteiger partial charge in [-0.25, -0.2) is 0 Å². The van der Waals surface area contributed by atoms with Crippen molar-refractivity contribution in [3.8, 4) is 6.07 Å². The second kappa shape index (κ2) is 7.88. The molecule has 1 aliphatic heterocycles. The first kappa shape index (κ1) is 18.4. The van der Waals surface area contributed by atoms with Gasteiger partial charge in [-0.15, -0.1) is 0 Å². The van der Waals surface area contributed by atoms with Crippen LogP contribution >= 0.6 is 0 Å². The van der Waals surface area contributed by atoms with E-state index in [0.29, 0.717) is 30.8 Å². The largest absolute Gasteiger partial charge is 0.385 e. The van der Waals surface area contributed by atoms with Crippen molar-refractivity contribution in [2.45, 2.75) is 37.6 Å². The van der Waals surface area contributed by atoms with Gasteiger partial charge >= 0.3 is 0 Å². The highest BCUT2D eigenvalue weighted by atomic mass is 16.5. The van der Waals surface area contributed by atoms with Gasteiger partial charge in [0.05, 0.1) is 11.6 Å². The van der Waals surface area contributed by atoms with Gasteiger partial charge in [0.1, 0.15) is 0 Å². The van der Waals surface area contributed by atoms with E-state index in [4.69, 9.17) is 10.00 Å². The normalized spacial score (nSPS) is 18.8. The number of amides is 2. The summed E-state index contributed by atoms with van der Waals surface area (Å²) in [6.07, 6.45) is 4.19. The van der Waals surface area contributed by atoms with Crippen molar-refractivity contribution < 1.29 is 14.3 Å². The number of nitriles is 1. The van der Waals surface area contributed by atoms with Crippen molar-refractivity contribution in [2.24, 2.45) is 5.92 Å². The van der Waals surface area contributed by atoms with Crippen molar-refractivity contribution in [1.82, 2.24) is 10.2 Å². The lowest BCUT2D eigenvalue weighted by Crippen LogP contribution is -2.57. The first-order valence-corrected chi connectivity index (χ1v) is 9.17. The molecule has 2 amide bonds. The smallest absolute Gasteiger partial charge is 0.253 e. The van der Waals surface area contributed by atoms with Crippen LogP contribution in [0, 0.1) is 17.2 Å². The predicted octanol–water partition coefficient (Wildman–Crippen LogP) is 2.10. The van der Waals surface area contributed by atoms with Crippen molar-refractivity contribution in [3.63, 3.8) is 0 Å². The molecule has 1 saturated heterocycles. The molecule has 1 aliphatic carbocycles. The van der Waals surface area contributed by atoms with Crippen molar-refractivity contribution in [1.29, 1.82) is 5.26 Å². The molecular weight excluding hydrogens is 330 g/mol. The Morgan fingerprint density at radius 1 is 1.27 bits per heavy atom. The lowest BCUT2D eigenvalue weighted by molar-refractivity contribution is -0.125. The summed E-state index contributed by atoms with van der Waals surface area (Å²) in [5.41, 5.74) is 0.855. The van der Waals surface area contributed by atoms with Crippen molar-refractivity contribution in [3.05, 3.63) is 35.4 Å². The molecule has 2 aliphatic rings. The highest BCUT2D eigenvalue weighted by Crippen LogP contribution is 2.33. The zero-order chi connectivity index (χ0) is 18.6. The van der Waals surface area contributed by atoms with E-state index in [1.807, 2.05) is 4.90 Å². The second-order valence-electron chi connectivity index (χ2n) is 7.27. The van der Waals surface area contributed by atoms with Gasteiger partial charge in [-0.05, 0) is 56.4 Å². The lowest BCUT2D eigenvalue weighted by Gasteiger charge is -2.42. The van der Waals surface area contributed by atoms with E-state index < -0.39 is 0 Å². The first-order chi connectivity index (χ1) is 12.6. The third kappa shape index (κ3) is 4.23. The molecule has 6 heteroatoms. The van der Waals surface area contributed by atoms with Crippen LogP contribution in [0.1, 0.15) is 48.0 Å². The number of hydrogen-bond acceptors (Lipinski definition) is 4. The fourth-order valence-corrected chi connectivity index (χ4v) is 3.45. The summed E-state index contributed by atoms with van der Waals surface area (Å²) in [7, 11) is 1.67. The zero-order valence-corrected chi connectivity index (χ0v) is 15.2. The van der Waals surface area contributed by atoms with Crippen LogP contribution in [0.15, 0.2) is 24.3 Å². The van der Waals surface area contributed by atoms with Crippen LogP contribution in [-0.2, 0) is 9.53 Å². The summed E-state index contributed by atoms with van der Waals surface area (Å²) in [5.74, 6) is 0.295. The average molecular weight is 355 g/mol. The topological polar surface area (TPSA) is 82.4 Å². The van der Waals surface area contributed by atoms with Gasteiger partial charge in [0.15, 0.2) is 0 Å². The Balaban J connectivity index is 1.63. The molecule has 1 saturated carbocycles. The Bertz CT molecular complexity index is 696. The third-order valence-corrected chi connectivity index (χ3v) is 5.39. The summed E-state index contributed by atoms with van der Waals surface area (Å²) in [5, 5.41) is 12.1. The minimum atomic E-state index is -0.281. The minimum absolute atomic E-state index is 0.0247. The minimum Gasteiger partial charge on any atom is -0.385 e. The number of hydrogen-bond donors (Lipinski definition) is 1. The molecule has 0 spiro atoms. The van der Waals surface area contributed by atoms with Gasteiger partial charge in [-0.3, -0.25) is 9.59 Å². The van der Waals surface area contributed by atoms with Crippen LogP contribution in [-0.4, -0.2) is 49.1 Å². The molecule has 1 aromatic carbocycles. The maximum atomic E-state index is 12.7. The highest BCUT2D eigenvalue weighted by Gasteiger charge is 2.40. The van der Waals surface area contributed by atoms with Crippen LogP contribution in [0.25, 0.3) is 0 Å². The quantitative estimate of drug-likeness (QED) is 0.847. The Morgan fingerprint density at radius 3 is 2.46 bits per heavy atom. The lowest BCUT2D eigenvalue weighted by atomic mass is 9.84. The van der Waals surface area contributed by atoms with E-state index in [1.165, 1.54) is 0 Å². The fraction of sp³-hybridized carbons (Fsp3) is 0.550. The summed E-state index contributed by atoms with van der Waals surface area (Å²) < 4.78 is 5.23. The maximum absolute atomic E-state index is 12.7. The van der Waals surface area contributed by atoms with Crippen LogP contribution in [0.3, 0.4) is 0 Å². The molecule has 1 N–H and O–H groups in total. The number of carbonyl (C=O) groups excluding carboxylic acids is 2. The summed E-state index contributed by atoms with van der Waals surface area (Å²) in [6, 6.07) is 8.78. The van der Waals surface area contributed by atoms with Crippen LogP contribution in [0.5, 0.6) is 0 Å². The number of benzene rings is 1. The molecule has 0 aromatic heterocycles. The molecule has 0 radical (unpaired) electrons. The maximum Gasteiger partial charge on any atom is 0.253 e. The van der Waals surface area contributed by atoms with Gasteiger partial charge in [-0.1, -0.05) is 0 Å². The first-order valence-electron chi connectivity index (χ1n) is 9.17. The predicted molar refractivity (Wildman–Crippen MR) is 96.4 cm³/mol. The van der Waals surface area contributed by atoms with E-state index in [0.717, 1.165) is 32.1 Å². The summed E-state index contributed by atoms with van der Waals surface area (Å²) >= 11 is 0. The molecule has 0 atom stereocenters. The Morgan fingerprint density at radius 2 is 1.92 bits per heavy atom. The highest BCUT2D eigenvalue weighted by molar-refractivity contribution is 5.94. The SMILES string of the molecule is COCCC1(NC(=O)C2CC2)CCN(C(=O)c2ccc(C#N)cc2)CC1. The van der Waals surface area contributed by atoms with Crippen LogP contribution in [0.2, 0.25) is 0 Å². The molecule has 6 nitrogen and oxygen atoms in total. The Kier molecular flexibility index (Phi) is 5.58. The summed E-state index contributed by atoms with van der Waals surface area (Å²) in [6.45, 7) is 1.80. The number of ether oxygens (including phenoxy) is 1. The Hall–Kier alpha value is -2.39.